The minimum atomic E-state index is 0.483. The van der Waals surface area contributed by atoms with Crippen molar-refractivity contribution < 1.29 is 0 Å². The van der Waals surface area contributed by atoms with E-state index in [1.54, 1.807) is 0 Å². The van der Waals surface area contributed by atoms with Gasteiger partial charge in [0.2, 0.25) is 0 Å². The molecule has 0 fully saturated rings. The first-order valence-corrected chi connectivity index (χ1v) is 8.27. The Morgan fingerprint density at radius 3 is 2.47 bits per heavy atom. The smallest absolute Gasteiger partial charge is 0.0317 e. The molecule has 0 radical (unpaired) electrons. The summed E-state index contributed by atoms with van der Waals surface area (Å²) in [7, 11) is 0. The number of halogens is 1. The van der Waals surface area contributed by atoms with Crippen molar-refractivity contribution in [2.24, 2.45) is 0 Å². The van der Waals surface area contributed by atoms with Crippen LogP contribution in [0.25, 0.3) is 0 Å². The molecule has 1 rings (SSSR count). The van der Waals surface area contributed by atoms with E-state index in [4.69, 9.17) is 0 Å². The van der Waals surface area contributed by atoms with Gasteiger partial charge in [-0.2, -0.15) is 11.8 Å². The van der Waals surface area contributed by atoms with Crippen molar-refractivity contribution in [3.63, 3.8) is 0 Å². The van der Waals surface area contributed by atoms with Crippen LogP contribution in [0.15, 0.2) is 28.7 Å². The van der Waals surface area contributed by atoms with Gasteiger partial charge in [-0.05, 0) is 43.3 Å². The van der Waals surface area contributed by atoms with Crippen LogP contribution in [0.1, 0.15) is 38.3 Å². The fourth-order valence-electron chi connectivity index (χ4n) is 1.77. The van der Waals surface area contributed by atoms with Gasteiger partial charge in [0, 0.05) is 15.8 Å². The van der Waals surface area contributed by atoms with E-state index in [0.717, 1.165) is 22.7 Å². The van der Waals surface area contributed by atoms with Gasteiger partial charge in [-0.1, -0.05) is 41.9 Å². The first-order valence-electron chi connectivity index (χ1n) is 6.19. The van der Waals surface area contributed by atoms with E-state index in [9.17, 15) is 0 Å². The van der Waals surface area contributed by atoms with Gasteiger partial charge in [-0.3, -0.25) is 0 Å². The summed E-state index contributed by atoms with van der Waals surface area (Å²) in [5.41, 5.74) is 1.38. The lowest BCUT2D eigenvalue weighted by Gasteiger charge is -2.18. The highest BCUT2D eigenvalue weighted by molar-refractivity contribution is 9.10. The number of hydrogen-bond donors (Lipinski definition) is 1. The number of nitrogens with one attached hydrogen (secondary N) is 1. The number of thioether (sulfide) groups is 1. The van der Waals surface area contributed by atoms with E-state index >= 15 is 0 Å². The van der Waals surface area contributed by atoms with Crippen LogP contribution in [0, 0.1) is 0 Å². The fourth-order valence-corrected chi connectivity index (χ4v) is 2.39. The second kappa shape index (κ2) is 8.17. The van der Waals surface area contributed by atoms with Gasteiger partial charge in [-0.25, -0.2) is 0 Å². The first kappa shape index (κ1) is 15.1. The summed E-state index contributed by atoms with van der Waals surface area (Å²) in [5, 5.41) is 4.38. The Morgan fingerprint density at radius 1 is 1.29 bits per heavy atom. The topological polar surface area (TPSA) is 12.0 Å². The van der Waals surface area contributed by atoms with Crippen LogP contribution in [0.4, 0.5) is 0 Å². The molecule has 17 heavy (non-hydrogen) atoms. The zero-order chi connectivity index (χ0) is 12.7. The van der Waals surface area contributed by atoms with Gasteiger partial charge in [-0.15, -0.1) is 0 Å². The maximum Gasteiger partial charge on any atom is 0.0317 e. The molecule has 0 saturated heterocycles. The average molecular weight is 316 g/mol. The van der Waals surface area contributed by atoms with E-state index < -0.39 is 0 Å². The van der Waals surface area contributed by atoms with Crippen LogP contribution in [0.3, 0.4) is 0 Å². The van der Waals surface area contributed by atoms with Crippen molar-refractivity contribution >= 4 is 27.7 Å². The molecule has 0 aliphatic heterocycles. The molecule has 0 saturated carbocycles. The molecule has 2 unspecified atom stereocenters. The number of rotatable bonds is 7. The summed E-state index contributed by atoms with van der Waals surface area (Å²) >= 11 is 5.41. The Morgan fingerprint density at radius 2 is 1.94 bits per heavy atom. The molecule has 96 valence electrons. The standard InChI is InChI=1S/C14H22BrNS/c1-4-14(16-10-9-11(2)17-3)12-5-7-13(15)8-6-12/h5-8,11,14,16H,4,9-10H2,1-3H3. The minimum Gasteiger partial charge on any atom is -0.310 e. The molecular weight excluding hydrogens is 294 g/mol. The second-order valence-corrected chi connectivity index (χ2v) is 6.49. The predicted molar refractivity (Wildman–Crippen MR) is 82.8 cm³/mol. The maximum absolute atomic E-state index is 3.64. The van der Waals surface area contributed by atoms with Crippen LogP contribution in [0.5, 0.6) is 0 Å². The van der Waals surface area contributed by atoms with Crippen molar-refractivity contribution in [2.45, 2.75) is 38.0 Å². The van der Waals surface area contributed by atoms with Crippen molar-refractivity contribution in [3.8, 4) is 0 Å². The molecule has 0 spiro atoms. The Kier molecular flexibility index (Phi) is 7.24. The molecule has 0 aliphatic rings. The molecule has 0 aliphatic carbocycles. The Labute approximate surface area is 118 Å². The molecule has 1 N–H and O–H groups in total. The molecule has 1 aromatic carbocycles. The zero-order valence-electron chi connectivity index (χ0n) is 10.9. The highest BCUT2D eigenvalue weighted by Crippen LogP contribution is 2.19. The van der Waals surface area contributed by atoms with Crippen LogP contribution in [-0.2, 0) is 0 Å². The lowest BCUT2D eigenvalue weighted by atomic mass is 10.0. The quantitative estimate of drug-likeness (QED) is 0.787. The van der Waals surface area contributed by atoms with Gasteiger partial charge in [0.05, 0.1) is 0 Å². The predicted octanol–water partition coefficient (Wildman–Crippen LogP) is 4.63. The third kappa shape index (κ3) is 5.45. The highest BCUT2D eigenvalue weighted by Gasteiger charge is 2.08. The normalized spacial score (nSPS) is 14.6. The monoisotopic (exact) mass is 315 g/mol. The van der Waals surface area contributed by atoms with E-state index in [0.29, 0.717) is 6.04 Å². The molecule has 0 amide bonds. The first-order chi connectivity index (χ1) is 8.17. The molecular formula is C14H22BrNS. The molecule has 2 atom stereocenters. The summed E-state index contributed by atoms with van der Waals surface area (Å²) in [6, 6.07) is 9.11. The van der Waals surface area contributed by atoms with Crippen molar-refractivity contribution in [2.75, 3.05) is 12.8 Å². The maximum atomic E-state index is 3.64. The summed E-state index contributed by atoms with van der Waals surface area (Å²) in [5.74, 6) is 0. The van der Waals surface area contributed by atoms with Crippen LogP contribution in [0.2, 0.25) is 0 Å². The van der Waals surface area contributed by atoms with Gasteiger partial charge in [0.1, 0.15) is 0 Å². The minimum absolute atomic E-state index is 0.483. The molecule has 3 heteroatoms. The van der Waals surface area contributed by atoms with Crippen molar-refractivity contribution in [1.29, 1.82) is 0 Å². The zero-order valence-corrected chi connectivity index (χ0v) is 13.3. The third-order valence-electron chi connectivity index (χ3n) is 3.02. The van der Waals surface area contributed by atoms with Crippen molar-refractivity contribution in [1.82, 2.24) is 5.32 Å². The Hall–Kier alpha value is 0.01000. The number of hydrogen-bond acceptors (Lipinski definition) is 2. The summed E-state index contributed by atoms with van der Waals surface area (Å²) < 4.78 is 1.15. The lowest BCUT2D eigenvalue weighted by molar-refractivity contribution is 0.510. The summed E-state index contributed by atoms with van der Waals surface area (Å²) in [4.78, 5) is 0. The van der Waals surface area contributed by atoms with E-state index in [-0.39, 0.29) is 0 Å². The molecule has 0 heterocycles. The molecule has 0 bridgehead atoms. The molecule has 1 nitrogen and oxygen atoms in total. The summed E-state index contributed by atoms with van der Waals surface area (Å²) in [6.45, 7) is 5.61. The van der Waals surface area contributed by atoms with E-state index in [1.807, 2.05) is 11.8 Å². The molecule has 1 aromatic rings. The van der Waals surface area contributed by atoms with Crippen LogP contribution >= 0.6 is 27.7 Å². The Bertz CT molecular complexity index is 313. The summed E-state index contributed by atoms with van der Waals surface area (Å²) in [6.07, 6.45) is 4.54. The van der Waals surface area contributed by atoms with Gasteiger partial charge in [0.25, 0.3) is 0 Å². The van der Waals surface area contributed by atoms with E-state index in [2.05, 4.69) is 65.6 Å². The number of benzene rings is 1. The van der Waals surface area contributed by atoms with Crippen LogP contribution in [-0.4, -0.2) is 18.1 Å². The fraction of sp³-hybridized carbons (Fsp3) is 0.571. The van der Waals surface area contributed by atoms with Gasteiger partial charge < -0.3 is 5.32 Å². The van der Waals surface area contributed by atoms with Crippen molar-refractivity contribution in [3.05, 3.63) is 34.3 Å². The third-order valence-corrected chi connectivity index (χ3v) is 4.59. The van der Waals surface area contributed by atoms with Gasteiger partial charge in [0.15, 0.2) is 0 Å². The van der Waals surface area contributed by atoms with Gasteiger partial charge >= 0.3 is 0 Å². The second-order valence-electron chi connectivity index (χ2n) is 4.30. The molecule has 0 aromatic heterocycles. The Balaban J connectivity index is 2.45. The average Bonchev–Trinajstić information content (AvgIpc) is 2.35. The SMILES string of the molecule is CCC(NCCC(C)SC)c1ccc(Br)cc1. The highest BCUT2D eigenvalue weighted by atomic mass is 79.9. The lowest BCUT2D eigenvalue weighted by Crippen LogP contribution is -2.23. The van der Waals surface area contributed by atoms with E-state index in [1.165, 1.54) is 12.0 Å². The van der Waals surface area contributed by atoms with Crippen LogP contribution < -0.4 is 5.32 Å². The largest absolute Gasteiger partial charge is 0.310 e.